The highest BCUT2D eigenvalue weighted by Gasteiger charge is 2.38. The molecule has 1 aliphatic heterocycles. The van der Waals surface area contributed by atoms with Crippen LogP contribution in [0.1, 0.15) is 24.4 Å². The molecule has 1 aliphatic rings. The minimum Gasteiger partial charge on any atom is -0.465 e. The Morgan fingerprint density at radius 2 is 1.71 bits per heavy atom. The van der Waals surface area contributed by atoms with Crippen LogP contribution in [0, 0.1) is 0 Å². The molecule has 1 aromatic heterocycles. The Morgan fingerprint density at radius 1 is 0.974 bits per heavy atom. The quantitative estimate of drug-likeness (QED) is 0.243. The molecular weight excluding hydrogens is 482 g/mol. The van der Waals surface area contributed by atoms with Crippen LogP contribution < -0.4 is 16.0 Å². The summed E-state index contributed by atoms with van der Waals surface area (Å²) in [6.45, 7) is 0.383. The van der Waals surface area contributed by atoms with Crippen molar-refractivity contribution in [2.24, 2.45) is 0 Å². The van der Waals surface area contributed by atoms with E-state index in [0.717, 1.165) is 27.8 Å². The Balaban J connectivity index is 1.32. The molecule has 194 valence electrons. The smallest absolute Gasteiger partial charge is 0.405 e. The SMILES string of the molecule is CNc1ccc(-c2cc3cc(NC(=O)[C@@H]4CCCN4C(=O)[C@H](NC(=O)O)c4ccccc4)ccc3[nH]2)cc1. The summed E-state index contributed by atoms with van der Waals surface area (Å²) >= 11 is 0. The number of hydrogen-bond acceptors (Lipinski definition) is 4. The first-order chi connectivity index (χ1) is 18.4. The first kappa shape index (κ1) is 24.9. The number of rotatable bonds is 7. The Hall–Kier alpha value is -4.79. The van der Waals surface area contributed by atoms with Crippen LogP contribution in [-0.4, -0.2) is 52.5 Å². The van der Waals surface area contributed by atoms with Crippen LogP contribution in [-0.2, 0) is 9.59 Å². The normalized spacial score (nSPS) is 15.7. The number of aromatic amines is 1. The van der Waals surface area contributed by atoms with Gasteiger partial charge in [-0.3, -0.25) is 9.59 Å². The second-order valence-corrected chi connectivity index (χ2v) is 9.28. The number of hydrogen-bond donors (Lipinski definition) is 5. The molecule has 0 saturated carbocycles. The number of likely N-dealkylation sites (tertiary alicyclic amines) is 1. The third-order valence-corrected chi connectivity index (χ3v) is 6.86. The summed E-state index contributed by atoms with van der Waals surface area (Å²) in [7, 11) is 1.88. The van der Waals surface area contributed by atoms with Crippen molar-refractivity contribution in [1.82, 2.24) is 15.2 Å². The van der Waals surface area contributed by atoms with E-state index in [1.165, 1.54) is 4.90 Å². The maximum Gasteiger partial charge on any atom is 0.405 e. The standard InChI is InChI=1S/C29H29N5O4/c1-30-21-11-9-18(10-12-21)24-17-20-16-22(13-14-23(20)32-24)31-27(35)25-8-5-15-34(25)28(36)26(33-29(37)38)19-6-3-2-4-7-19/h2-4,6-7,9-14,16-17,25-26,30,32-33H,5,8,15H2,1H3,(H,31,35)(H,37,38)/t25-,26+/m0/s1. The topological polar surface area (TPSA) is 127 Å². The first-order valence-electron chi connectivity index (χ1n) is 12.5. The van der Waals surface area contributed by atoms with Crippen molar-refractivity contribution in [3.63, 3.8) is 0 Å². The molecule has 0 aliphatic carbocycles. The maximum atomic E-state index is 13.4. The zero-order valence-corrected chi connectivity index (χ0v) is 20.9. The van der Waals surface area contributed by atoms with Crippen LogP contribution in [0.5, 0.6) is 0 Å². The molecule has 9 nitrogen and oxygen atoms in total. The zero-order chi connectivity index (χ0) is 26.6. The Bertz CT molecular complexity index is 1470. The molecule has 5 N–H and O–H groups in total. The van der Waals surface area contributed by atoms with Crippen molar-refractivity contribution in [2.75, 3.05) is 24.2 Å². The third kappa shape index (κ3) is 5.17. The summed E-state index contributed by atoms with van der Waals surface area (Å²) in [5.41, 5.74) is 5.15. The van der Waals surface area contributed by atoms with E-state index < -0.39 is 24.1 Å². The first-order valence-corrected chi connectivity index (χ1v) is 12.5. The van der Waals surface area contributed by atoms with Crippen LogP contribution in [0.4, 0.5) is 16.2 Å². The molecule has 3 aromatic carbocycles. The zero-order valence-electron chi connectivity index (χ0n) is 20.9. The van der Waals surface area contributed by atoms with E-state index in [1.54, 1.807) is 30.3 Å². The second kappa shape index (κ2) is 10.7. The monoisotopic (exact) mass is 511 g/mol. The van der Waals surface area contributed by atoms with Gasteiger partial charge in [-0.05, 0) is 60.4 Å². The van der Waals surface area contributed by atoms with Gasteiger partial charge in [0.2, 0.25) is 5.91 Å². The highest BCUT2D eigenvalue weighted by Crippen LogP contribution is 2.29. The molecule has 2 heterocycles. The molecule has 0 spiro atoms. The number of carbonyl (C=O) groups excluding carboxylic acids is 2. The number of amides is 3. The lowest BCUT2D eigenvalue weighted by Gasteiger charge is -2.28. The number of nitrogens with one attached hydrogen (secondary N) is 4. The van der Waals surface area contributed by atoms with Crippen LogP contribution in [0.3, 0.4) is 0 Å². The van der Waals surface area contributed by atoms with Gasteiger partial charge in [-0.25, -0.2) is 4.79 Å². The van der Waals surface area contributed by atoms with E-state index in [0.29, 0.717) is 30.6 Å². The molecule has 0 radical (unpaired) electrons. The van der Waals surface area contributed by atoms with Crippen molar-refractivity contribution in [1.29, 1.82) is 0 Å². The minimum atomic E-state index is -1.30. The highest BCUT2D eigenvalue weighted by atomic mass is 16.4. The summed E-state index contributed by atoms with van der Waals surface area (Å²) in [6, 6.07) is 22.7. The maximum absolute atomic E-state index is 13.4. The summed E-state index contributed by atoms with van der Waals surface area (Å²) in [6.07, 6.45) is -0.138. The number of nitrogens with zero attached hydrogens (tertiary/aromatic N) is 1. The number of aromatic nitrogens is 1. The predicted molar refractivity (Wildman–Crippen MR) is 147 cm³/mol. The Morgan fingerprint density at radius 3 is 2.42 bits per heavy atom. The van der Waals surface area contributed by atoms with E-state index in [4.69, 9.17) is 0 Å². The van der Waals surface area contributed by atoms with Crippen LogP contribution in [0.2, 0.25) is 0 Å². The van der Waals surface area contributed by atoms with Gasteiger partial charge in [-0.15, -0.1) is 0 Å². The lowest BCUT2D eigenvalue weighted by Crippen LogP contribution is -2.48. The van der Waals surface area contributed by atoms with E-state index in [-0.39, 0.29) is 5.91 Å². The molecular formula is C29H29N5O4. The summed E-state index contributed by atoms with van der Waals surface area (Å²) < 4.78 is 0. The Kier molecular flexibility index (Phi) is 6.99. The second-order valence-electron chi connectivity index (χ2n) is 9.28. The minimum absolute atomic E-state index is 0.296. The average Bonchev–Trinajstić information content (AvgIpc) is 3.59. The van der Waals surface area contributed by atoms with Crippen molar-refractivity contribution >= 4 is 40.2 Å². The number of carbonyl (C=O) groups is 3. The van der Waals surface area contributed by atoms with E-state index >= 15 is 0 Å². The molecule has 0 unspecified atom stereocenters. The molecule has 0 bridgehead atoms. The molecule has 4 aromatic rings. The van der Waals surface area contributed by atoms with Gasteiger partial charge in [0.05, 0.1) is 0 Å². The summed E-state index contributed by atoms with van der Waals surface area (Å²) in [5, 5.41) is 18.6. The van der Waals surface area contributed by atoms with Crippen molar-refractivity contribution < 1.29 is 19.5 Å². The van der Waals surface area contributed by atoms with Gasteiger partial charge in [0, 0.05) is 41.6 Å². The average molecular weight is 512 g/mol. The fourth-order valence-electron chi connectivity index (χ4n) is 4.93. The van der Waals surface area contributed by atoms with Gasteiger partial charge in [-0.1, -0.05) is 42.5 Å². The molecule has 38 heavy (non-hydrogen) atoms. The predicted octanol–water partition coefficient (Wildman–Crippen LogP) is 4.82. The van der Waals surface area contributed by atoms with Gasteiger partial charge in [0.15, 0.2) is 0 Å². The lowest BCUT2D eigenvalue weighted by atomic mass is 10.0. The van der Waals surface area contributed by atoms with E-state index in [1.807, 2.05) is 55.6 Å². The molecule has 5 rings (SSSR count). The summed E-state index contributed by atoms with van der Waals surface area (Å²) in [4.78, 5) is 43.0. The van der Waals surface area contributed by atoms with Crippen molar-refractivity contribution in [2.45, 2.75) is 24.9 Å². The molecule has 9 heteroatoms. The van der Waals surface area contributed by atoms with Gasteiger partial charge in [0.25, 0.3) is 5.91 Å². The van der Waals surface area contributed by atoms with E-state index in [9.17, 15) is 19.5 Å². The third-order valence-electron chi connectivity index (χ3n) is 6.86. The number of carboxylic acid groups (broad SMARTS) is 1. The molecule has 1 fully saturated rings. The lowest BCUT2D eigenvalue weighted by molar-refractivity contribution is -0.138. The van der Waals surface area contributed by atoms with Gasteiger partial charge < -0.3 is 30.9 Å². The molecule has 3 amide bonds. The van der Waals surface area contributed by atoms with Gasteiger partial charge in [-0.2, -0.15) is 0 Å². The van der Waals surface area contributed by atoms with Crippen LogP contribution in [0.15, 0.2) is 78.9 Å². The number of benzene rings is 3. The van der Waals surface area contributed by atoms with Crippen molar-refractivity contribution in [3.8, 4) is 11.3 Å². The molecule has 2 atom stereocenters. The highest BCUT2D eigenvalue weighted by molar-refractivity contribution is 6.00. The number of anilines is 2. The van der Waals surface area contributed by atoms with Crippen LogP contribution in [0.25, 0.3) is 22.2 Å². The van der Waals surface area contributed by atoms with Crippen LogP contribution >= 0.6 is 0 Å². The fourth-order valence-corrected chi connectivity index (χ4v) is 4.93. The number of fused-ring (bicyclic) bond motifs is 1. The summed E-state index contributed by atoms with van der Waals surface area (Å²) in [5.74, 6) is -0.734. The van der Waals surface area contributed by atoms with Gasteiger partial charge >= 0.3 is 6.09 Å². The van der Waals surface area contributed by atoms with Gasteiger partial charge in [0.1, 0.15) is 12.1 Å². The number of H-pyrrole nitrogens is 1. The van der Waals surface area contributed by atoms with E-state index in [2.05, 4.69) is 20.9 Å². The fraction of sp³-hybridized carbons (Fsp3) is 0.207. The largest absolute Gasteiger partial charge is 0.465 e. The Labute approximate surface area is 219 Å². The molecule has 1 saturated heterocycles. The van der Waals surface area contributed by atoms with Crippen molar-refractivity contribution in [3.05, 3.63) is 84.4 Å².